The Kier molecular flexibility index (Phi) is 3.87. The van der Waals surface area contributed by atoms with Gasteiger partial charge in [0.15, 0.2) is 0 Å². The number of aliphatic imine (C=N–C) groups is 1. The van der Waals surface area contributed by atoms with Crippen LogP contribution < -0.4 is 0 Å². The minimum atomic E-state index is -3.56. The van der Waals surface area contributed by atoms with Crippen molar-refractivity contribution in [3.05, 3.63) is 0 Å². The summed E-state index contributed by atoms with van der Waals surface area (Å²) in [5.41, 5.74) is 0.0334. The molecule has 130 valence electrons. The molecule has 0 aromatic heterocycles. The van der Waals surface area contributed by atoms with Crippen LogP contribution in [0.15, 0.2) is 4.99 Å². The first kappa shape index (κ1) is 16.9. The lowest BCUT2D eigenvalue weighted by atomic mass is 9.81. The fourth-order valence-electron chi connectivity index (χ4n) is 4.78. The van der Waals surface area contributed by atoms with Crippen LogP contribution in [0.4, 0.5) is 0 Å². The summed E-state index contributed by atoms with van der Waals surface area (Å²) in [6, 6.07) is 0. The van der Waals surface area contributed by atoms with Gasteiger partial charge >= 0.3 is 5.97 Å². The van der Waals surface area contributed by atoms with E-state index in [4.69, 9.17) is 4.74 Å². The van der Waals surface area contributed by atoms with Gasteiger partial charge in [0.2, 0.25) is 10.0 Å². The SMILES string of the molecule is CCN(CC)S(=O)(=O)[C@]12CC[C@H](C[C@H]1OC(=O)C1=NC1)C2(C)C. The monoisotopic (exact) mass is 342 g/mol. The second-order valence-corrected chi connectivity index (χ2v) is 9.52. The Hall–Kier alpha value is -0.950. The first-order valence-electron chi connectivity index (χ1n) is 8.46. The molecule has 23 heavy (non-hydrogen) atoms. The standard InChI is InChI=1S/C16H26N2O4S/c1-5-18(6-2)23(20,21)16-8-7-11(15(16,3)4)9-13(16)22-14(19)12-10-17-12/h11,13H,5-10H2,1-4H3/t11-,13-,16-/m1/s1. The van der Waals surface area contributed by atoms with Crippen molar-refractivity contribution < 1.29 is 17.9 Å². The Morgan fingerprint density at radius 1 is 1.35 bits per heavy atom. The highest BCUT2D eigenvalue weighted by molar-refractivity contribution is 7.90. The van der Waals surface area contributed by atoms with Crippen molar-refractivity contribution in [3.8, 4) is 0 Å². The van der Waals surface area contributed by atoms with Gasteiger partial charge in [0.05, 0.1) is 6.54 Å². The number of hydrogen-bond acceptors (Lipinski definition) is 5. The maximum absolute atomic E-state index is 13.5. The summed E-state index contributed by atoms with van der Waals surface area (Å²) in [6.07, 6.45) is 1.50. The molecule has 2 aliphatic carbocycles. The van der Waals surface area contributed by atoms with Gasteiger partial charge in [-0.2, -0.15) is 0 Å². The molecule has 2 fully saturated rings. The van der Waals surface area contributed by atoms with Crippen molar-refractivity contribution in [1.82, 2.24) is 4.31 Å². The van der Waals surface area contributed by atoms with Crippen molar-refractivity contribution in [3.63, 3.8) is 0 Å². The zero-order chi connectivity index (χ0) is 17.0. The predicted octanol–water partition coefficient (Wildman–Crippen LogP) is 1.60. The maximum Gasteiger partial charge on any atom is 0.354 e. The molecule has 7 heteroatoms. The van der Waals surface area contributed by atoms with Crippen LogP contribution in [0.2, 0.25) is 0 Å². The van der Waals surface area contributed by atoms with Gasteiger partial charge in [-0.25, -0.2) is 17.5 Å². The molecule has 3 aliphatic rings. The Bertz CT molecular complexity index is 651. The van der Waals surface area contributed by atoms with Gasteiger partial charge in [0.25, 0.3) is 0 Å². The van der Waals surface area contributed by atoms with E-state index in [1.165, 1.54) is 4.31 Å². The van der Waals surface area contributed by atoms with E-state index in [1.54, 1.807) is 0 Å². The third-order valence-corrected chi connectivity index (χ3v) is 9.41. The molecule has 0 saturated heterocycles. The van der Waals surface area contributed by atoms with E-state index in [9.17, 15) is 13.2 Å². The average Bonchev–Trinajstić information content (AvgIpc) is 3.26. The van der Waals surface area contributed by atoms with Crippen molar-refractivity contribution in [1.29, 1.82) is 0 Å². The maximum atomic E-state index is 13.5. The molecular formula is C16H26N2O4S. The van der Waals surface area contributed by atoms with E-state index >= 15 is 0 Å². The molecule has 3 rings (SSSR count). The fourth-order valence-corrected chi connectivity index (χ4v) is 7.61. The first-order valence-corrected chi connectivity index (χ1v) is 9.90. The van der Waals surface area contributed by atoms with Crippen LogP contribution in [0.1, 0.15) is 47.0 Å². The van der Waals surface area contributed by atoms with Crippen LogP contribution in [0.5, 0.6) is 0 Å². The van der Waals surface area contributed by atoms with Crippen LogP contribution in [-0.2, 0) is 19.6 Å². The van der Waals surface area contributed by atoms with E-state index < -0.39 is 32.3 Å². The molecule has 0 unspecified atom stereocenters. The summed E-state index contributed by atoms with van der Waals surface area (Å²) >= 11 is 0. The Balaban J connectivity index is 2.02. The number of carbonyl (C=O) groups is 1. The minimum absolute atomic E-state index is 0.270. The molecule has 3 atom stereocenters. The van der Waals surface area contributed by atoms with Gasteiger partial charge in [0, 0.05) is 13.1 Å². The lowest BCUT2D eigenvalue weighted by molar-refractivity contribution is -0.142. The van der Waals surface area contributed by atoms with E-state index in [2.05, 4.69) is 4.99 Å². The Labute approximate surface area is 138 Å². The highest BCUT2D eigenvalue weighted by Gasteiger charge is 2.73. The van der Waals surface area contributed by atoms with Crippen LogP contribution in [0.25, 0.3) is 0 Å². The quantitative estimate of drug-likeness (QED) is 0.687. The number of carbonyl (C=O) groups excluding carboxylic acids is 1. The molecule has 0 radical (unpaired) electrons. The number of rotatable bonds is 6. The topological polar surface area (TPSA) is 76.0 Å². The summed E-state index contributed by atoms with van der Waals surface area (Å²) in [5, 5.41) is 0. The third-order valence-electron chi connectivity index (χ3n) is 6.30. The second kappa shape index (κ2) is 5.28. The Morgan fingerprint density at radius 3 is 2.43 bits per heavy atom. The van der Waals surface area contributed by atoms with Gasteiger partial charge < -0.3 is 4.74 Å². The predicted molar refractivity (Wildman–Crippen MR) is 87.9 cm³/mol. The molecule has 1 heterocycles. The molecule has 2 saturated carbocycles. The van der Waals surface area contributed by atoms with Crippen LogP contribution in [0, 0.1) is 11.3 Å². The number of sulfonamides is 1. The normalized spacial score (nSPS) is 34.6. The Morgan fingerprint density at radius 2 is 1.96 bits per heavy atom. The lowest BCUT2D eigenvalue weighted by Crippen LogP contribution is -2.59. The largest absolute Gasteiger partial charge is 0.456 e. The molecule has 0 spiro atoms. The second-order valence-electron chi connectivity index (χ2n) is 7.33. The van der Waals surface area contributed by atoms with E-state index in [0.29, 0.717) is 38.2 Å². The number of ether oxygens (including phenoxy) is 1. The third kappa shape index (κ3) is 2.12. The number of hydrogen-bond donors (Lipinski definition) is 0. The van der Waals surface area contributed by atoms with Crippen LogP contribution >= 0.6 is 0 Å². The van der Waals surface area contributed by atoms with E-state index in [-0.39, 0.29) is 5.92 Å². The van der Waals surface area contributed by atoms with E-state index in [1.807, 2.05) is 27.7 Å². The van der Waals surface area contributed by atoms with Gasteiger partial charge in [-0.15, -0.1) is 0 Å². The van der Waals surface area contributed by atoms with Gasteiger partial charge in [0.1, 0.15) is 16.6 Å². The van der Waals surface area contributed by atoms with Crippen LogP contribution in [-0.4, -0.2) is 54.9 Å². The zero-order valence-corrected chi connectivity index (χ0v) is 15.1. The van der Waals surface area contributed by atoms with Crippen molar-refractivity contribution in [2.24, 2.45) is 16.3 Å². The van der Waals surface area contributed by atoms with Crippen molar-refractivity contribution >= 4 is 21.7 Å². The lowest BCUT2D eigenvalue weighted by Gasteiger charge is -2.43. The summed E-state index contributed by atoms with van der Waals surface area (Å²) in [5.74, 6) is -0.167. The zero-order valence-electron chi connectivity index (χ0n) is 14.3. The molecular weight excluding hydrogens is 316 g/mol. The molecule has 2 bridgehead atoms. The van der Waals surface area contributed by atoms with Crippen LogP contribution in [0.3, 0.4) is 0 Å². The summed E-state index contributed by atoms with van der Waals surface area (Å²) in [6.45, 7) is 9.05. The van der Waals surface area contributed by atoms with Gasteiger partial charge in [-0.3, -0.25) is 4.99 Å². The van der Waals surface area contributed by atoms with Gasteiger partial charge in [-0.05, 0) is 30.6 Å². The van der Waals surface area contributed by atoms with Gasteiger partial charge in [-0.1, -0.05) is 27.7 Å². The average molecular weight is 342 g/mol. The summed E-state index contributed by atoms with van der Waals surface area (Å²) in [7, 11) is -3.56. The number of fused-ring (bicyclic) bond motifs is 2. The van der Waals surface area contributed by atoms with Crippen molar-refractivity contribution in [2.45, 2.75) is 57.8 Å². The molecule has 0 amide bonds. The van der Waals surface area contributed by atoms with Crippen molar-refractivity contribution in [2.75, 3.05) is 19.6 Å². The van der Waals surface area contributed by atoms with E-state index in [0.717, 1.165) is 6.42 Å². The molecule has 6 nitrogen and oxygen atoms in total. The molecule has 0 N–H and O–H groups in total. The fraction of sp³-hybridized carbons (Fsp3) is 0.875. The number of nitrogens with zero attached hydrogens (tertiary/aromatic N) is 2. The first-order chi connectivity index (χ1) is 10.7. The summed E-state index contributed by atoms with van der Waals surface area (Å²) < 4.78 is 33.1. The highest BCUT2D eigenvalue weighted by atomic mass is 32.2. The number of esters is 1. The molecule has 0 aromatic rings. The molecule has 0 aromatic carbocycles. The molecule has 1 aliphatic heterocycles. The smallest absolute Gasteiger partial charge is 0.354 e. The summed E-state index contributed by atoms with van der Waals surface area (Å²) in [4.78, 5) is 15.9. The highest BCUT2D eigenvalue weighted by Crippen LogP contribution is 2.65. The minimum Gasteiger partial charge on any atom is -0.456 e.